The standard InChI is InChI=1S/C17H20INS/c1-13-4-3-5-17(10-13)20-12-16(19-2)11-14-6-8-15(18)9-7-14/h3-10,16,19H,11-12H2,1-2H3. The molecule has 1 unspecified atom stereocenters. The molecule has 2 aromatic rings. The summed E-state index contributed by atoms with van der Waals surface area (Å²) in [6.45, 7) is 2.14. The monoisotopic (exact) mass is 397 g/mol. The Labute approximate surface area is 139 Å². The second-order valence-electron chi connectivity index (χ2n) is 4.94. The van der Waals surface area contributed by atoms with Crippen molar-refractivity contribution in [1.82, 2.24) is 5.32 Å². The van der Waals surface area contributed by atoms with Gasteiger partial charge in [-0.25, -0.2) is 0 Å². The number of rotatable bonds is 6. The Bertz CT molecular complexity index is 539. The summed E-state index contributed by atoms with van der Waals surface area (Å²) >= 11 is 4.27. The Morgan fingerprint density at radius 1 is 1.15 bits per heavy atom. The van der Waals surface area contributed by atoms with Gasteiger partial charge in [0.1, 0.15) is 0 Å². The molecular weight excluding hydrogens is 377 g/mol. The van der Waals surface area contributed by atoms with E-state index in [0.717, 1.165) is 12.2 Å². The van der Waals surface area contributed by atoms with E-state index in [9.17, 15) is 0 Å². The van der Waals surface area contributed by atoms with Crippen molar-refractivity contribution in [3.8, 4) is 0 Å². The van der Waals surface area contributed by atoms with Gasteiger partial charge in [0, 0.05) is 20.3 Å². The molecule has 0 aliphatic carbocycles. The maximum atomic E-state index is 3.43. The normalized spacial score (nSPS) is 12.3. The molecule has 1 N–H and O–H groups in total. The van der Waals surface area contributed by atoms with E-state index in [4.69, 9.17) is 0 Å². The van der Waals surface area contributed by atoms with Crippen LogP contribution >= 0.6 is 34.4 Å². The van der Waals surface area contributed by atoms with Crippen molar-refractivity contribution in [2.45, 2.75) is 24.3 Å². The minimum absolute atomic E-state index is 0.501. The number of nitrogens with one attached hydrogen (secondary N) is 1. The fourth-order valence-corrected chi connectivity index (χ4v) is 3.53. The van der Waals surface area contributed by atoms with Crippen LogP contribution in [0.3, 0.4) is 0 Å². The zero-order valence-electron chi connectivity index (χ0n) is 11.9. The van der Waals surface area contributed by atoms with E-state index in [1.807, 2.05) is 18.8 Å². The van der Waals surface area contributed by atoms with Gasteiger partial charge in [-0.15, -0.1) is 11.8 Å². The fraction of sp³-hybridized carbons (Fsp3) is 0.294. The number of aryl methyl sites for hydroxylation is 1. The molecule has 0 amide bonds. The molecule has 1 nitrogen and oxygen atoms in total. The lowest BCUT2D eigenvalue weighted by molar-refractivity contribution is 0.617. The predicted molar refractivity (Wildman–Crippen MR) is 97.6 cm³/mol. The molecule has 0 aliphatic rings. The Morgan fingerprint density at radius 3 is 2.55 bits per heavy atom. The van der Waals surface area contributed by atoms with E-state index in [1.54, 1.807) is 0 Å². The van der Waals surface area contributed by atoms with E-state index in [1.165, 1.54) is 19.6 Å². The van der Waals surface area contributed by atoms with Crippen LogP contribution in [0.2, 0.25) is 0 Å². The first-order valence-corrected chi connectivity index (χ1v) is 8.85. The van der Waals surface area contributed by atoms with E-state index in [2.05, 4.69) is 83.4 Å². The van der Waals surface area contributed by atoms with E-state index >= 15 is 0 Å². The lowest BCUT2D eigenvalue weighted by atomic mass is 10.1. The van der Waals surface area contributed by atoms with Crippen LogP contribution in [-0.2, 0) is 6.42 Å². The van der Waals surface area contributed by atoms with Crippen LogP contribution in [0.4, 0.5) is 0 Å². The Balaban J connectivity index is 1.90. The molecule has 0 saturated carbocycles. The van der Waals surface area contributed by atoms with Gasteiger partial charge < -0.3 is 5.32 Å². The van der Waals surface area contributed by atoms with Crippen LogP contribution in [0.1, 0.15) is 11.1 Å². The molecule has 0 bridgehead atoms. The molecule has 3 heteroatoms. The fourth-order valence-electron chi connectivity index (χ4n) is 2.05. The summed E-state index contributed by atoms with van der Waals surface area (Å²) in [5.74, 6) is 1.09. The van der Waals surface area contributed by atoms with Crippen molar-refractivity contribution >= 4 is 34.4 Å². The minimum Gasteiger partial charge on any atom is -0.316 e. The highest BCUT2D eigenvalue weighted by Gasteiger charge is 2.08. The highest BCUT2D eigenvalue weighted by atomic mass is 127. The first-order chi connectivity index (χ1) is 9.67. The van der Waals surface area contributed by atoms with Crippen LogP contribution in [0, 0.1) is 10.5 Å². The molecule has 2 rings (SSSR count). The average molecular weight is 397 g/mol. The highest BCUT2D eigenvalue weighted by molar-refractivity contribution is 14.1. The van der Waals surface area contributed by atoms with E-state index < -0.39 is 0 Å². The summed E-state index contributed by atoms with van der Waals surface area (Å²) in [5.41, 5.74) is 2.73. The second kappa shape index (κ2) is 8.05. The van der Waals surface area contributed by atoms with Crippen LogP contribution < -0.4 is 5.32 Å². The molecule has 2 aromatic carbocycles. The number of hydrogen-bond donors (Lipinski definition) is 1. The SMILES string of the molecule is CNC(CSc1cccc(C)c1)Cc1ccc(I)cc1. The second-order valence-corrected chi connectivity index (χ2v) is 7.28. The molecule has 0 aliphatic heterocycles. The molecule has 0 spiro atoms. The summed E-state index contributed by atoms with van der Waals surface area (Å²) in [5, 5.41) is 3.43. The van der Waals surface area contributed by atoms with Gasteiger partial charge >= 0.3 is 0 Å². The minimum atomic E-state index is 0.501. The van der Waals surface area contributed by atoms with E-state index in [0.29, 0.717) is 6.04 Å². The van der Waals surface area contributed by atoms with Gasteiger partial charge in [-0.2, -0.15) is 0 Å². The lowest BCUT2D eigenvalue weighted by Gasteiger charge is -2.16. The average Bonchev–Trinajstić information content (AvgIpc) is 2.45. The zero-order valence-corrected chi connectivity index (χ0v) is 14.9. The third kappa shape index (κ3) is 5.11. The van der Waals surface area contributed by atoms with Crippen molar-refractivity contribution in [2.24, 2.45) is 0 Å². The predicted octanol–water partition coefficient (Wildman–Crippen LogP) is 4.52. The molecule has 0 radical (unpaired) electrons. The first-order valence-electron chi connectivity index (χ1n) is 6.78. The van der Waals surface area contributed by atoms with Crippen molar-refractivity contribution in [1.29, 1.82) is 0 Å². The summed E-state index contributed by atoms with van der Waals surface area (Å²) in [6.07, 6.45) is 1.08. The Hall–Kier alpha value is -0.520. The van der Waals surface area contributed by atoms with E-state index in [-0.39, 0.29) is 0 Å². The number of thioether (sulfide) groups is 1. The quantitative estimate of drug-likeness (QED) is 0.568. The zero-order chi connectivity index (χ0) is 14.4. The maximum absolute atomic E-state index is 3.43. The number of halogens is 1. The van der Waals surface area contributed by atoms with Crippen LogP contribution in [0.15, 0.2) is 53.4 Å². The molecular formula is C17H20INS. The number of hydrogen-bond acceptors (Lipinski definition) is 2. The molecule has 0 aromatic heterocycles. The molecule has 106 valence electrons. The van der Waals surface area contributed by atoms with Crippen molar-refractivity contribution < 1.29 is 0 Å². The maximum Gasteiger partial charge on any atom is 0.0199 e. The molecule has 1 atom stereocenters. The summed E-state index contributed by atoms with van der Waals surface area (Å²) in [7, 11) is 2.05. The Kier molecular flexibility index (Phi) is 6.39. The van der Waals surface area contributed by atoms with Gasteiger partial charge in [-0.1, -0.05) is 29.8 Å². The number of benzene rings is 2. The van der Waals surface area contributed by atoms with Gasteiger partial charge in [-0.3, -0.25) is 0 Å². The molecule has 0 saturated heterocycles. The van der Waals surface area contributed by atoms with Gasteiger partial charge in [0.2, 0.25) is 0 Å². The summed E-state index contributed by atoms with van der Waals surface area (Å²) < 4.78 is 1.29. The topological polar surface area (TPSA) is 12.0 Å². The van der Waals surface area contributed by atoms with Crippen molar-refractivity contribution in [3.05, 3.63) is 63.2 Å². The van der Waals surface area contributed by atoms with Crippen molar-refractivity contribution in [2.75, 3.05) is 12.8 Å². The highest BCUT2D eigenvalue weighted by Crippen LogP contribution is 2.21. The summed E-state index contributed by atoms with van der Waals surface area (Å²) in [4.78, 5) is 1.35. The summed E-state index contributed by atoms with van der Waals surface area (Å²) in [6, 6.07) is 18.0. The first kappa shape index (κ1) is 15.9. The molecule has 20 heavy (non-hydrogen) atoms. The van der Waals surface area contributed by atoms with Crippen LogP contribution in [0.5, 0.6) is 0 Å². The van der Waals surface area contributed by atoms with Gasteiger partial charge in [0.05, 0.1) is 0 Å². The molecule has 0 fully saturated rings. The smallest absolute Gasteiger partial charge is 0.0199 e. The van der Waals surface area contributed by atoms with Gasteiger partial charge in [0.25, 0.3) is 0 Å². The van der Waals surface area contributed by atoms with Crippen LogP contribution in [-0.4, -0.2) is 18.8 Å². The third-order valence-electron chi connectivity index (χ3n) is 3.24. The largest absolute Gasteiger partial charge is 0.316 e. The number of likely N-dealkylation sites (N-methyl/N-ethyl adjacent to an activating group) is 1. The van der Waals surface area contributed by atoms with Crippen LogP contribution in [0.25, 0.3) is 0 Å². The Morgan fingerprint density at radius 2 is 1.90 bits per heavy atom. The lowest BCUT2D eigenvalue weighted by Crippen LogP contribution is -2.30. The van der Waals surface area contributed by atoms with Gasteiger partial charge in [-0.05, 0) is 72.8 Å². The van der Waals surface area contributed by atoms with Gasteiger partial charge in [0.15, 0.2) is 0 Å². The molecule has 0 heterocycles. The van der Waals surface area contributed by atoms with Crippen molar-refractivity contribution in [3.63, 3.8) is 0 Å². The third-order valence-corrected chi connectivity index (χ3v) is 5.12.